The van der Waals surface area contributed by atoms with Crippen LogP contribution in [0.2, 0.25) is 0 Å². The summed E-state index contributed by atoms with van der Waals surface area (Å²) in [6, 6.07) is 19.6. The van der Waals surface area contributed by atoms with Crippen LogP contribution in [0.3, 0.4) is 0 Å². The van der Waals surface area contributed by atoms with E-state index >= 15 is 0 Å². The molecule has 1 heterocycles. The van der Waals surface area contributed by atoms with E-state index in [2.05, 4.69) is 17.1 Å². The number of β-amino-alcohol motifs (C(OH)–C–C–N with tert-alkyl or cyclic N) is 1. The number of aliphatic carboxylic acids is 1. The number of carboxylic acids is 1. The fourth-order valence-electron chi connectivity index (χ4n) is 3.59. The highest BCUT2D eigenvalue weighted by atomic mass is 16.4. The normalized spacial score (nSPS) is 24.0. The maximum Gasteiger partial charge on any atom is 0.312 e. The summed E-state index contributed by atoms with van der Waals surface area (Å²) in [7, 11) is 0. The molecule has 4 heteroatoms. The summed E-state index contributed by atoms with van der Waals surface area (Å²) in [4.78, 5) is 14.1. The third-order valence-electron chi connectivity index (χ3n) is 5.20. The zero-order chi connectivity index (χ0) is 18.4. The van der Waals surface area contributed by atoms with Gasteiger partial charge in [0.05, 0.1) is 6.10 Å². The molecule has 1 aliphatic rings. The van der Waals surface area contributed by atoms with E-state index in [0.717, 1.165) is 11.1 Å². The van der Waals surface area contributed by atoms with Gasteiger partial charge in [0.15, 0.2) is 0 Å². The molecule has 1 aliphatic heterocycles. The Hall–Kier alpha value is -2.43. The lowest BCUT2D eigenvalue weighted by atomic mass is 9.71. The van der Waals surface area contributed by atoms with Crippen molar-refractivity contribution < 1.29 is 15.0 Å². The topological polar surface area (TPSA) is 60.8 Å². The van der Waals surface area contributed by atoms with Gasteiger partial charge in [-0.1, -0.05) is 72.8 Å². The molecule has 2 aromatic rings. The van der Waals surface area contributed by atoms with Crippen molar-refractivity contribution in [2.75, 3.05) is 19.6 Å². The van der Waals surface area contributed by atoms with Crippen molar-refractivity contribution >= 4 is 12.0 Å². The lowest BCUT2D eigenvalue weighted by Gasteiger charge is -2.42. The maximum atomic E-state index is 12.0. The number of aliphatic hydroxyl groups is 1. The Kier molecular flexibility index (Phi) is 5.86. The minimum absolute atomic E-state index is 0.359. The number of likely N-dealkylation sites (tertiary alicyclic amines) is 1. The number of aliphatic hydroxyl groups excluding tert-OH is 1. The highest BCUT2D eigenvalue weighted by Gasteiger charge is 2.48. The van der Waals surface area contributed by atoms with E-state index in [1.807, 2.05) is 60.7 Å². The third kappa shape index (κ3) is 4.21. The predicted octanol–water partition coefficient (Wildman–Crippen LogP) is 3.08. The first-order valence-corrected chi connectivity index (χ1v) is 8.99. The molecule has 0 saturated carbocycles. The first-order chi connectivity index (χ1) is 12.6. The number of hydrogen-bond donors (Lipinski definition) is 2. The number of rotatable bonds is 6. The summed E-state index contributed by atoms with van der Waals surface area (Å²) in [6.07, 6.45) is 4.02. The van der Waals surface area contributed by atoms with Gasteiger partial charge < -0.3 is 10.2 Å². The summed E-state index contributed by atoms with van der Waals surface area (Å²) >= 11 is 0. The molecule has 0 aliphatic carbocycles. The Bertz CT molecular complexity index is 744. The van der Waals surface area contributed by atoms with E-state index in [-0.39, 0.29) is 0 Å². The first-order valence-electron chi connectivity index (χ1n) is 8.99. The number of piperidine rings is 1. The molecular weight excluding hydrogens is 326 g/mol. The van der Waals surface area contributed by atoms with Gasteiger partial charge in [-0.15, -0.1) is 0 Å². The van der Waals surface area contributed by atoms with Crippen molar-refractivity contribution in [2.24, 2.45) is 5.41 Å². The van der Waals surface area contributed by atoms with E-state index < -0.39 is 17.5 Å². The fourth-order valence-corrected chi connectivity index (χ4v) is 3.59. The Morgan fingerprint density at radius 2 is 1.77 bits per heavy atom. The molecule has 2 atom stereocenters. The van der Waals surface area contributed by atoms with Crippen LogP contribution in [0.4, 0.5) is 0 Å². The predicted molar refractivity (Wildman–Crippen MR) is 103 cm³/mol. The van der Waals surface area contributed by atoms with Crippen molar-refractivity contribution in [3.05, 3.63) is 77.9 Å². The van der Waals surface area contributed by atoms with E-state index in [1.165, 1.54) is 0 Å². The molecule has 1 fully saturated rings. The third-order valence-corrected chi connectivity index (χ3v) is 5.20. The maximum absolute atomic E-state index is 12.0. The van der Waals surface area contributed by atoms with Crippen LogP contribution in [0.25, 0.3) is 6.08 Å². The van der Waals surface area contributed by atoms with Gasteiger partial charge in [0.25, 0.3) is 0 Å². The van der Waals surface area contributed by atoms with E-state index in [1.54, 1.807) is 0 Å². The number of nitrogens with zero attached hydrogens (tertiary/aromatic N) is 1. The quantitative estimate of drug-likeness (QED) is 0.840. The summed E-state index contributed by atoms with van der Waals surface area (Å²) in [6.45, 7) is 1.74. The van der Waals surface area contributed by atoms with Crippen molar-refractivity contribution in [1.29, 1.82) is 0 Å². The molecule has 0 aromatic heterocycles. The average molecular weight is 351 g/mol. The van der Waals surface area contributed by atoms with Crippen LogP contribution in [-0.4, -0.2) is 46.8 Å². The number of benzene rings is 2. The van der Waals surface area contributed by atoms with Gasteiger partial charge in [0, 0.05) is 13.1 Å². The Morgan fingerprint density at radius 3 is 2.38 bits per heavy atom. The van der Waals surface area contributed by atoms with Gasteiger partial charge in [-0.3, -0.25) is 9.69 Å². The van der Waals surface area contributed by atoms with Gasteiger partial charge in [0.1, 0.15) is 5.41 Å². The van der Waals surface area contributed by atoms with Crippen LogP contribution >= 0.6 is 0 Å². The lowest BCUT2D eigenvalue weighted by molar-refractivity contribution is -0.162. The molecule has 1 saturated heterocycles. The highest BCUT2D eigenvalue weighted by molar-refractivity contribution is 5.76. The molecule has 0 unspecified atom stereocenters. The van der Waals surface area contributed by atoms with E-state index in [0.29, 0.717) is 32.5 Å². The minimum Gasteiger partial charge on any atom is -0.481 e. The molecule has 26 heavy (non-hydrogen) atoms. The standard InChI is InChI=1S/C22H25NO3/c24-20-17-23(14-7-12-18-8-3-1-4-9-18)15-13-22(20,21(25)26)16-19-10-5-2-6-11-19/h1-12,20,24H,13-17H2,(H,25,26)/t20-,22-/m1/s1. The van der Waals surface area contributed by atoms with Crippen molar-refractivity contribution in [3.63, 3.8) is 0 Å². The molecule has 2 N–H and O–H groups in total. The van der Waals surface area contributed by atoms with Gasteiger partial charge >= 0.3 is 5.97 Å². The zero-order valence-electron chi connectivity index (χ0n) is 14.8. The highest BCUT2D eigenvalue weighted by Crippen LogP contribution is 2.36. The molecule has 0 radical (unpaired) electrons. The molecule has 4 nitrogen and oxygen atoms in total. The average Bonchev–Trinajstić information content (AvgIpc) is 2.65. The Morgan fingerprint density at radius 1 is 1.12 bits per heavy atom. The molecule has 0 spiro atoms. The second-order valence-corrected chi connectivity index (χ2v) is 6.96. The van der Waals surface area contributed by atoms with Gasteiger partial charge in [-0.25, -0.2) is 0 Å². The SMILES string of the molecule is O=C(O)[C@@]1(Cc2ccccc2)CCN(CC=Cc2ccccc2)C[C@H]1O. The van der Waals surface area contributed by atoms with Crippen LogP contribution in [0.1, 0.15) is 17.5 Å². The summed E-state index contributed by atoms with van der Waals surface area (Å²) in [5, 5.41) is 20.5. The largest absolute Gasteiger partial charge is 0.481 e. The van der Waals surface area contributed by atoms with Crippen LogP contribution in [0, 0.1) is 5.41 Å². The van der Waals surface area contributed by atoms with E-state index in [9.17, 15) is 15.0 Å². The summed E-state index contributed by atoms with van der Waals surface area (Å²) in [5.74, 6) is -0.909. The Balaban J connectivity index is 1.64. The first kappa shape index (κ1) is 18.4. The van der Waals surface area contributed by atoms with Crippen molar-refractivity contribution in [1.82, 2.24) is 4.90 Å². The van der Waals surface area contributed by atoms with Gasteiger partial charge in [-0.05, 0) is 30.5 Å². The summed E-state index contributed by atoms with van der Waals surface area (Å²) < 4.78 is 0. The minimum atomic E-state index is -1.11. The molecule has 0 amide bonds. The van der Waals surface area contributed by atoms with Crippen LogP contribution in [0.5, 0.6) is 0 Å². The summed E-state index contributed by atoms with van der Waals surface area (Å²) in [5.41, 5.74) is 0.974. The second kappa shape index (κ2) is 8.30. The molecule has 136 valence electrons. The van der Waals surface area contributed by atoms with Crippen LogP contribution < -0.4 is 0 Å². The smallest absolute Gasteiger partial charge is 0.312 e. The van der Waals surface area contributed by atoms with Crippen molar-refractivity contribution in [3.8, 4) is 0 Å². The second-order valence-electron chi connectivity index (χ2n) is 6.96. The molecular formula is C22H25NO3. The number of carbonyl (C=O) groups is 1. The van der Waals surface area contributed by atoms with Crippen molar-refractivity contribution in [2.45, 2.75) is 18.9 Å². The monoisotopic (exact) mass is 351 g/mol. The molecule has 2 aromatic carbocycles. The molecule has 0 bridgehead atoms. The number of hydrogen-bond acceptors (Lipinski definition) is 3. The molecule has 3 rings (SSSR count). The number of carboxylic acid groups (broad SMARTS) is 1. The van der Waals surface area contributed by atoms with Crippen LogP contribution in [-0.2, 0) is 11.2 Å². The van der Waals surface area contributed by atoms with Crippen LogP contribution in [0.15, 0.2) is 66.7 Å². The van der Waals surface area contributed by atoms with E-state index in [4.69, 9.17) is 0 Å². The van der Waals surface area contributed by atoms with Gasteiger partial charge in [0.2, 0.25) is 0 Å². The zero-order valence-corrected chi connectivity index (χ0v) is 14.8. The van der Waals surface area contributed by atoms with Gasteiger partial charge in [-0.2, -0.15) is 0 Å². The lowest BCUT2D eigenvalue weighted by Crippen LogP contribution is -2.55. The fraction of sp³-hybridized carbons (Fsp3) is 0.318. The Labute approximate surface area is 154 Å².